The SMILES string of the molecule is COCC(N)CO[C@H]1[C@H](OC(C)=O)C[C@]23COC[C@@]1(C)[C@@H]2CC[C@H]1C3=CC(=O)[C@@]2(C)[C@H](C(=O)O)[C@@](C)([C@H](C)C(C)C)CC[C@]12C. The van der Waals surface area contributed by atoms with Crippen molar-refractivity contribution < 1.29 is 38.4 Å². The van der Waals surface area contributed by atoms with Crippen molar-refractivity contribution in [3.8, 4) is 0 Å². The second-order valence-electron chi connectivity index (χ2n) is 16.6. The van der Waals surface area contributed by atoms with Gasteiger partial charge in [0.15, 0.2) is 5.78 Å². The van der Waals surface area contributed by atoms with Crippen molar-refractivity contribution in [2.24, 2.45) is 62.4 Å². The Labute approximate surface area is 269 Å². The van der Waals surface area contributed by atoms with E-state index in [2.05, 4.69) is 41.5 Å². The average Bonchev–Trinajstić information content (AvgIpc) is 2.93. The quantitative estimate of drug-likeness (QED) is 0.336. The molecule has 0 spiro atoms. The summed E-state index contributed by atoms with van der Waals surface area (Å²) in [6, 6.07) is -0.322. The van der Waals surface area contributed by atoms with E-state index in [-0.39, 0.29) is 42.2 Å². The molecule has 2 bridgehead atoms. The highest BCUT2D eigenvalue weighted by atomic mass is 16.6. The lowest BCUT2D eigenvalue weighted by Crippen LogP contribution is -2.71. The highest BCUT2D eigenvalue weighted by molar-refractivity contribution is 6.00. The topological polar surface area (TPSA) is 134 Å². The molecular weight excluding hydrogens is 574 g/mol. The first-order chi connectivity index (χ1) is 20.9. The van der Waals surface area contributed by atoms with E-state index in [1.54, 1.807) is 7.11 Å². The van der Waals surface area contributed by atoms with Crippen LogP contribution in [0.25, 0.3) is 0 Å². The highest BCUT2D eigenvalue weighted by Gasteiger charge is 2.74. The molecule has 0 aromatic carbocycles. The third kappa shape index (κ3) is 4.88. The smallest absolute Gasteiger partial charge is 0.308 e. The number of hydrogen-bond donors (Lipinski definition) is 2. The molecule has 0 aromatic rings. The molecule has 12 atom stereocenters. The summed E-state index contributed by atoms with van der Waals surface area (Å²) in [5, 5.41) is 10.9. The van der Waals surface area contributed by atoms with Crippen LogP contribution in [0.3, 0.4) is 0 Å². The molecule has 1 saturated heterocycles. The standard InChI is InChI=1S/C36H57NO8/c1-20(2)21(3)32(5)12-13-34(7)24-10-11-27-33(6)18-43-19-36(27,25(24)14-28(39)35(34,8)29(32)31(40)41)15-26(45-22(4)38)30(33)44-17-23(37)16-42-9/h14,20-21,23-24,26-27,29-30H,10-13,15-19,37H2,1-9H3,(H,40,41)/t21-,23?,24+,26-,27+,29-,30+,32-,33+,34-,35+,36-/m1/s1. The summed E-state index contributed by atoms with van der Waals surface area (Å²) < 4.78 is 24.2. The third-order valence-electron chi connectivity index (χ3n) is 14.1. The maximum atomic E-state index is 14.8. The van der Waals surface area contributed by atoms with Gasteiger partial charge in [-0.05, 0) is 72.7 Å². The minimum atomic E-state index is -1.06. The molecular formula is C36H57NO8. The van der Waals surface area contributed by atoms with Gasteiger partial charge in [-0.15, -0.1) is 0 Å². The maximum Gasteiger partial charge on any atom is 0.308 e. The van der Waals surface area contributed by atoms with Gasteiger partial charge in [0.2, 0.25) is 0 Å². The fourth-order valence-electron chi connectivity index (χ4n) is 11.5. The van der Waals surface area contributed by atoms with E-state index in [1.165, 1.54) is 6.92 Å². The average molecular weight is 632 g/mol. The number of ether oxygens (including phenoxy) is 4. The van der Waals surface area contributed by atoms with Gasteiger partial charge in [0.25, 0.3) is 0 Å². The molecule has 3 N–H and O–H groups in total. The van der Waals surface area contributed by atoms with Crippen molar-refractivity contribution in [1.82, 2.24) is 0 Å². The van der Waals surface area contributed by atoms with Crippen LogP contribution in [-0.2, 0) is 33.3 Å². The molecule has 5 rings (SSSR count). The number of aliphatic carboxylic acids is 1. The molecule has 0 radical (unpaired) electrons. The van der Waals surface area contributed by atoms with Gasteiger partial charge < -0.3 is 29.8 Å². The Morgan fingerprint density at radius 1 is 1.09 bits per heavy atom. The molecule has 0 aromatic heterocycles. The fraction of sp³-hybridized carbons (Fsp3) is 0.861. The molecule has 3 saturated carbocycles. The number of esters is 1. The lowest BCUT2D eigenvalue weighted by atomic mass is 9.34. The van der Waals surface area contributed by atoms with Gasteiger partial charge in [0, 0.05) is 30.3 Å². The Hall–Kier alpha value is -1.81. The first-order valence-corrected chi connectivity index (χ1v) is 17.0. The van der Waals surface area contributed by atoms with Crippen molar-refractivity contribution in [3.63, 3.8) is 0 Å². The Morgan fingerprint density at radius 3 is 2.38 bits per heavy atom. The van der Waals surface area contributed by atoms with Gasteiger partial charge in [0.1, 0.15) is 12.2 Å². The molecule has 1 unspecified atom stereocenters. The van der Waals surface area contributed by atoms with Crippen LogP contribution in [0, 0.1) is 56.7 Å². The zero-order chi connectivity index (χ0) is 33.3. The largest absolute Gasteiger partial charge is 0.481 e. The van der Waals surface area contributed by atoms with Crippen LogP contribution in [0.1, 0.15) is 87.5 Å². The van der Waals surface area contributed by atoms with Gasteiger partial charge >= 0.3 is 11.9 Å². The van der Waals surface area contributed by atoms with Gasteiger partial charge in [0.05, 0.1) is 38.4 Å². The summed E-state index contributed by atoms with van der Waals surface area (Å²) in [5.74, 6) is -1.54. The molecule has 0 amide bonds. The van der Waals surface area contributed by atoms with Crippen molar-refractivity contribution in [1.29, 1.82) is 0 Å². The monoisotopic (exact) mass is 631 g/mol. The second kappa shape index (κ2) is 11.7. The van der Waals surface area contributed by atoms with E-state index in [9.17, 15) is 19.5 Å². The Morgan fingerprint density at radius 2 is 1.78 bits per heavy atom. The van der Waals surface area contributed by atoms with Crippen LogP contribution >= 0.6 is 0 Å². The van der Waals surface area contributed by atoms with E-state index in [1.807, 2.05) is 13.0 Å². The van der Waals surface area contributed by atoms with Crippen molar-refractivity contribution >= 4 is 17.7 Å². The summed E-state index contributed by atoms with van der Waals surface area (Å²) in [5.41, 5.74) is 4.20. The van der Waals surface area contributed by atoms with E-state index < -0.39 is 51.2 Å². The number of rotatable bonds is 9. The molecule has 1 aliphatic heterocycles. The maximum absolute atomic E-state index is 14.8. The zero-order valence-corrected chi connectivity index (χ0v) is 28.9. The summed E-state index contributed by atoms with van der Waals surface area (Å²) >= 11 is 0. The molecule has 5 aliphatic rings. The first-order valence-electron chi connectivity index (χ1n) is 17.0. The van der Waals surface area contributed by atoms with Crippen LogP contribution in [-0.4, -0.2) is 74.6 Å². The highest BCUT2D eigenvalue weighted by Crippen LogP contribution is 2.74. The van der Waals surface area contributed by atoms with Crippen molar-refractivity contribution in [2.75, 3.05) is 33.5 Å². The lowest BCUT2D eigenvalue weighted by Gasteiger charge is -2.70. The van der Waals surface area contributed by atoms with Crippen LogP contribution in [0.15, 0.2) is 11.6 Å². The van der Waals surface area contributed by atoms with Crippen LogP contribution in [0.5, 0.6) is 0 Å². The van der Waals surface area contributed by atoms with Crippen molar-refractivity contribution in [3.05, 3.63) is 11.6 Å². The van der Waals surface area contributed by atoms with Gasteiger partial charge in [-0.25, -0.2) is 0 Å². The van der Waals surface area contributed by atoms with Crippen LogP contribution < -0.4 is 5.73 Å². The lowest BCUT2D eigenvalue weighted by molar-refractivity contribution is -0.266. The van der Waals surface area contributed by atoms with E-state index in [0.29, 0.717) is 32.2 Å². The van der Waals surface area contributed by atoms with Gasteiger partial charge in [-0.1, -0.05) is 54.0 Å². The summed E-state index contributed by atoms with van der Waals surface area (Å²) in [6.45, 7) is 17.8. The molecule has 9 nitrogen and oxygen atoms in total. The number of hydrogen-bond acceptors (Lipinski definition) is 8. The summed E-state index contributed by atoms with van der Waals surface area (Å²) in [6.07, 6.45) is 4.66. The molecule has 254 valence electrons. The van der Waals surface area contributed by atoms with Crippen LogP contribution in [0.4, 0.5) is 0 Å². The number of ketones is 1. The number of carboxylic acids is 1. The van der Waals surface area contributed by atoms with Crippen molar-refractivity contribution in [2.45, 2.75) is 106 Å². The predicted octanol–water partition coefficient (Wildman–Crippen LogP) is 5.04. The number of allylic oxidation sites excluding steroid dienone is 1. The summed E-state index contributed by atoms with van der Waals surface area (Å²) in [4.78, 5) is 40.6. The second-order valence-corrected chi connectivity index (χ2v) is 16.6. The first kappa shape index (κ1) is 34.5. The minimum absolute atomic E-state index is 0.0220. The number of nitrogens with two attached hydrogens (primary N) is 1. The van der Waals surface area contributed by atoms with E-state index >= 15 is 0 Å². The molecule has 9 heteroatoms. The Balaban J connectivity index is 1.61. The molecule has 45 heavy (non-hydrogen) atoms. The molecule has 1 heterocycles. The zero-order valence-electron chi connectivity index (χ0n) is 28.9. The predicted molar refractivity (Wildman–Crippen MR) is 169 cm³/mol. The Bertz CT molecular complexity index is 1230. The molecule has 4 fully saturated rings. The third-order valence-corrected chi connectivity index (χ3v) is 14.1. The number of fused-ring (bicyclic) bond motifs is 3. The molecule has 4 aliphatic carbocycles. The number of carbonyl (C=O) groups is 3. The van der Waals surface area contributed by atoms with Gasteiger partial charge in [-0.3, -0.25) is 14.4 Å². The fourth-order valence-corrected chi connectivity index (χ4v) is 11.5. The summed E-state index contributed by atoms with van der Waals surface area (Å²) in [7, 11) is 1.60. The Kier molecular flexibility index (Phi) is 8.98. The normalized spacial score (nSPS) is 45.4. The number of carboxylic acid groups (broad SMARTS) is 1. The van der Waals surface area contributed by atoms with Gasteiger partial charge in [-0.2, -0.15) is 0 Å². The number of methoxy groups -OCH3 is 1. The number of carbonyl (C=O) groups excluding carboxylic acids is 2. The van der Waals surface area contributed by atoms with Crippen LogP contribution in [0.2, 0.25) is 0 Å². The van der Waals surface area contributed by atoms with E-state index in [0.717, 1.165) is 31.3 Å². The minimum Gasteiger partial charge on any atom is -0.481 e. The van der Waals surface area contributed by atoms with E-state index in [4.69, 9.17) is 24.7 Å².